The third kappa shape index (κ3) is 4.40. The van der Waals surface area contributed by atoms with E-state index in [1.54, 1.807) is 0 Å². The molecule has 1 N–H and O–H groups in total. The van der Waals surface area contributed by atoms with Crippen LogP contribution in [0.2, 0.25) is 0 Å². The first kappa shape index (κ1) is 18.8. The van der Waals surface area contributed by atoms with E-state index in [9.17, 15) is 4.79 Å². The molecule has 1 aliphatic heterocycles. The fraction of sp³-hybridized carbons (Fsp3) is 0.526. The van der Waals surface area contributed by atoms with Crippen molar-refractivity contribution in [1.29, 1.82) is 0 Å². The molecule has 1 aliphatic rings. The van der Waals surface area contributed by atoms with Gasteiger partial charge in [0.1, 0.15) is 11.7 Å². The SMILES string of the molecule is CCOC(=O)[C@@H]1CCC[NH+](Cn2nc(C)n(Cc3ccccc3)c2=S)C1. The number of likely N-dealkylation sites (tertiary alicyclic amines) is 1. The van der Waals surface area contributed by atoms with Gasteiger partial charge in [-0.2, -0.15) is 9.78 Å². The van der Waals surface area contributed by atoms with E-state index in [4.69, 9.17) is 17.0 Å². The van der Waals surface area contributed by atoms with Crippen LogP contribution in [0.4, 0.5) is 0 Å². The zero-order valence-corrected chi connectivity index (χ0v) is 16.3. The van der Waals surface area contributed by atoms with Crippen molar-refractivity contribution < 1.29 is 14.4 Å². The van der Waals surface area contributed by atoms with Crippen molar-refractivity contribution in [3.63, 3.8) is 0 Å². The van der Waals surface area contributed by atoms with Crippen molar-refractivity contribution in [1.82, 2.24) is 14.3 Å². The molecule has 140 valence electrons. The van der Waals surface area contributed by atoms with Crippen LogP contribution in [-0.4, -0.2) is 40.0 Å². The maximum atomic E-state index is 12.0. The lowest BCUT2D eigenvalue weighted by Crippen LogP contribution is -3.13. The van der Waals surface area contributed by atoms with E-state index < -0.39 is 0 Å². The first-order valence-electron chi connectivity index (χ1n) is 9.27. The molecule has 1 aromatic carbocycles. The van der Waals surface area contributed by atoms with Crippen molar-refractivity contribution in [3.05, 3.63) is 46.5 Å². The Morgan fingerprint density at radius 1 is 1.38 bits per heavy atom. The monoisotopic (exact) mass is 375 g/mol. The number of hydrogen-bond acceptors (Lipinski definition) is 4. The number of aryl methyl sites for hydroxylation is 1. The summed E-state index contributed by atoms with van der Waals surface area (Å²) in [6.07, 6.45) is 1.94. The van der Waals surface area contributed by atoms with Crippen LogP contribution in [0.15, 0.2) is 30.3 Å². The molecule has 0 spiro atoms. The van der Waals surface area contributed by atoms with Gasteiger partial charge >= 0.3 is 5.97 Å². The number of aromatic nitrogens is 3. The molecule has 6 nitrogen and oxygen atoms in total. The second-order valence-corrected chi connectivity index (χ2v) is 7.22. The average Bonchev–Trinajstić information content (AvgIpc) is 2.90. The summed E-state index contributed by atoms with van der Waals surface area (Å²) in [6.45, 7) is 7.52. The number of carbonyl (C=O) groups excluding carboxylic acids is 1. The van der Waals surface area contributed by atoms with Gasteiger partial charge in [-0.15, -0.1) is 0 Å². The van der Waals surface area contributed by atoms with Gasteiger partial charge in [0.2, 0.25) is 4.77 Å². The zero-order chi connectivity index (χ0) is 18.5. The number of quaternary nitrogens is 1. The molecule has 3 rings (SSSR count). The van der Waals surface area contributed by atoms with E-state index in [1.807, 2.05) is 36.7 Å². The number of esters is 1. The molecule has 7 heteroatoms. The minimum absolute atomic E-state index is 0.0135. The maximum Gasteiger partial charge on any atom is 0.314 e. The Bertz CT molecular complexity index is 800. The fourth-order valence-electron chi connectivity index (χ4n) is 3.57. The second kappa shape index (κ2) is 8.60. The van der Waals surface area contributed by atoms with Crippen molar-refractivity contribution in [2.24, 2.45) is 5.92 Å². The van der Waals surface area contributed by atoms with Gasteiger partial charge in [0.05, 0.1) is 26.2 Å². The molecule has 0 amide bonds. The summed E-state index contributed by atoms with van der Waals surface area (Å²) in [7, 11) is 0. The van der Waals surface area contributed by atoms with Gasteiger partial charge in [0.15, 0.2) is 6.67 Å². The Balaban J connectivity index is 1.69. The predicted octanol–water partition coefficient (Wildman–Crippen LogP) is 1.59. The zero-order valence-electron chi connectivity index (χ0n) is 15.5. The van der Waals surface area contributed by atoms with Gasteiger partial charge in [0, 0.05) is 0 Å². The predicted molar refractivity (Wildman–Crippen MR) is 101 cm³/mol. The molecule has 0 saturated carbocycles. The summed E-state index contributed by atoms with van der Waals surface area (Å²) < 4.78 is 9.89. The van der Waals surface area contributed by atoms with E-state index in [0.29, 0.717) is 13.3 Å². The number of ether oxygens (including phenoxy) is 1. The minimum atomic E-state index is -0.0703. The number of hydrogen-bond donors (Lipinski definition) is 1. The molecule has 1 fully saturated rings. The Morgan fingerprint density at radius 3 is 2.88 bits per heavy atom. The fourth-order valence-corrected chi connectivity index (χ4v) is 3.87. The first-order valence-corrected chi connectivity index (χ1v) is 9.67. The van der Waals surface area contributed by atoms with Crippen LogP contribution in [0.5, 0.6) is 0 Å². The highest BCUT2D eigenvalue weighted by molar-refractivity contribution is 7.71. The van der Waals surface area contributed by atoms with Crippen molar-refractivity contribution >= 4 is 18.2 Å². The number of piperidine rings is 1. The third-order valence-corrected chi connectivity index (χ3v) is 5.33. The molecule has 2 heterocycles. The summed E-state index contributed by atoms with van der Waals surface area (Å²) in [5.74, 6) is 0.830. The molecule has 1 unspecified atom stereocenters. The lowest BCUT2D eigenvalue weighted by atomic mass is 9.99. The van der Waals surface area contributed by atoms with Crippen LogP contribution in [0.3, 0.4) is 0 Å². The smallest absolute Gasteiger partial charge is 0.314 e. The summed E-state index contributed by atoms with van der Waals surface area (Å²) in [5, 5.41) is 4.65. The minimum Gasteiger partial charge on any atom is -0.466 e. The normalized spacial score (nSPS) is 20.1. The van der Waals surface area contributed by atoms with Gasteiger partial charge in [-0.3, -0.25) is 9.36 Å². The Morgan fingerprint density at radius 2 is 2.15 bits per heavy atom. The summed E-state index contributed by atoms with van der Waals surface area (Å²) in [4.78, 5) is 13.4. The number of carbonyl (C=O) groups is 1. The van der Waals surface area contributed by atoms with Crippen LogP contribution in [0.1, 0.15) is 31.2 Å². The largest absolute Gasteiger partial charge is 0.466 e. The van der Waals surface area contributed by atoms with E-state index >= 15 is 0 Å². The van der Waals surface area contributed by atoms with Crippen molar-refractivity contribution in [3.8, 4) is 0 Å². The quantitative estimate of drug-likeness (QED) is 0.615. The molecular formula is C19H27N4O2S+. The number of rotatable bonds is 6. The van der Waals surface area contributed by atoms with Crippen LogP contribution >= 0.6 is 12.2 Å². The number of nitrogens with zero attached hydrogens (tertiary/aromatic N) is 3. The van der Waals surface area contributed by atoms with E-state index in [-0.39, 0.29) is 11.9 Å². The highest BCUT2D eigenvalue weighted by atomic mass is 32.1. The molecule has 0 bridgehead atoms. The Labute approximate surface area is 159 Å². The standard InChI is InChI=1S/C19H26N4O2S/c1-3-25-18(24)17-10-7-11-21(13-17)14-23-19(26)22(15(2)20-23)12-16-8-5-4-6-9-16/h4-6,8-9,17H,3,7,10-14H2,1-2H3/p+1/t17-/m1/s1. The Kier molecular flexibility index (Phi) is 6.21. The van der Waals surface area contributed by atoms with Gasteiger partial charge in [-0.05, 0) is 44.5 Å². The summed E-state index contributed by atoms with van der Waals surface area (Å²) >= 11 is 5.66. The molecule has 2 atom stereocenters. The third-order valence-electron chi connectivity index (χ3n) is 4.90. The average molecular weight is 376 g/mol. The van der Waals surface area contributed by atoms with Crippen LogP contribution in [0, 0.1) is 17.6 Å². The van der Waals surface area contributed by atoms with Gasteiger partial charge in [-0.25, -0.2) is 0 Å². The highest BCUT2D eigenvalue weighted by Gasteiger charge is 2.30. The number of benzene rings is 1. The Hall–Kier alpha value is -1.99. The molecule has 2 aromatic rings. The topological polar surface area (TPSA) is 53.5 Å². The molecule has 1 saturated heterocycles. The number of nitrogens with one attached hydrogen (secondary N) is 1. The maximum absolute atomic E-state index is 12.0. The van der Waals surface area contributed by atoms with E-state index in [0.717, 1.165) is 43.1 Å². The van der Waals surface area contributed by atoms with Crippen molar-refractivity contribution in [2.75, 3.05) is 19.7 Å². The molecule has 0 aliphatic carbocycles. The first-order chi connectivity index (χ1) is 12.6. The lowest BCUT2D eigenvalue weighted by molar-refractivity contribution is -0.930. The van der Waals surface area contributed by atoms with Gasteiger partial charge in [0.25, 0.3) is 0 Å². The highest BCUT2D eigenvalue weighted by Crippen LogP contribution is 2.10. The van der Waals surface area contributed by atoms with Gasteiger partial charge < -0.3 is 9.64 Å². The van der Waals surface area contributed by atoms with Crippen LogP contribution < -0.4 is 4.90 Å². The van der Waals surface area contributed by atoms with E-state index in [2.05, 4.69) is 21.8 Å². The summed E-state index contributed by atoms with van der Waals surface area (Å²) in [6, 6.07) is 10.3. The van der Waals surface area contributed by atoms with Gasteiger partial charge in [-0.1, -0.05) is 30.3 Å². The molecule has 1 aromatic heterocycles. The molecule has 0 radical (unpaired) electrons. The van der Waals surface area contributed by atoms with Crippen molar-refractivity contribution in [2.45, 2.75) is 39.9 Å². The second-order valence-electron chi connectivity index (χ2n) is 6.85. The molecule has 26 heavy (non-hydrogen) atoms. The van der Waals surface area contributed by atoms with Crippen LogP contribution in [-0.2, 0) is 22.7 Å². The lowest BCUT2D eigenvalue weighted by Gasteiger charge is -2.28. The molecular weight excluding hydrogens is 348 g/mol. The van der Waals surface area contributed by atoms with E-state index in [1.165, 1.54) is 10.5 Å². The van der Waals surface area contributed by atoms with Crippen LogP contribution in [0.25, 0.3) is 0 Å². The summed E-state index contributed by atoms with van der Waals surface area (Å²) in [5.41, 5.74) is 1.21.